The quantitative estimate of drug-likeness (QED) is 0.659. The third-order valence-corrected chi connectivity index (χ3v) is 6.40. The molecular formula is C23H32N6O2. The third kappa shape index (κ3) is 5.44. The first-order valence-electron chi connectivity index (χ1n) is 11.2. The number of benzene rings is 1. The topological polar surface area (TPSA) is 93.4 Å². The molecule has 0 bridgehead atoms. The van der Waals surface area contributed by atoms with E-state index in [1.165, 1.54) is 0 Å². The van der Waals surface area contributed by atoms with Gasteiger partial charge in [-0.3, -0.25) is 19.6 Å². The molecule has 1 aromatic heterocycles. The molecule has 1 atom stereocenters. The molecule has 8 nitrogen and oxygen atoms in total. The zero-order chi connectivity index (χ0) is 21.6. The molecule has 2 amide bonds. The van der Waals surface area contributed by atoms with Crippen LogP contribution in [-0.2, 0) is 11.3 Å². The number of carbonyl (C=O) groups is 2. The first-order chi connectivity index (χ1) is 15.1. The fourth-order valence-corrected chi connectivity index (χ4v) is 4.48. The number of carbonyl (C=O) groups excluding carboxylic acids is 2. The van der Waals surface area contributed by atoms with E-state index in [1.54, 1.807) is 6.20 Å². The van der Waals surface area contributed by atoms with Crippen LogP contribution < -0.4 is 15.5 Å². The Balaban J connectivity index is 1.28. The highest BCUT2D eigenvalue weighted by atomic mass is 16.2. The third-order valence-electron chi connectivity index (χ3n) is 6.40. The first-order valence-corrected chi connectivity index (χ1v) is 11.2. The van der Waals surface area contributed by atoms with Crippen molar-refractivity contribution in [2.24, 2.45) is 0 Å². The van der Waals surface area contributed by atoms with E-state index in [0.717, 1.165) is 56.7 Å². The molecule has 166 valence electrons. The summed E-state index contributed by atoms with van der Waals surface area (Å²) in [6.45, 7) is 3.56. The number of hydrogen-bond acceptors (Lipinski definition) is 5. The molecule has 2 saturated heterocycles. The molecular weight excluding hydrogens is 392 g/mol. The van der Waals surface area contributed by atoms with Gasteiger partial charge >= 0.3 is 0 Å². The van der Waals surface area contributed by atoms with Crippen LogP contribution in [0.1, 0.15) is 48.2 Å². The lowest BCUT2D eigenvalue weighted by Crippen LogP contribution is -2.45. The van der Waals surface area contributed by atoms with Crippen molar-refractivity contribution in [2.75, 3.05) is 31.6 Å². The minimum atomic E-state index is -0.438. The van der Waals surface area contributed by atoms with Gasteiger partial charge in [0.2, 0.25) is 5.91 Å². The summed E-state index contributed by atoms with van der Waals surface area (Å²) in [7, 11) is 2.17. The molecule has 31 heavy (non-hydrogen) atoms. The van der Waals surface area contributed by atoms with E-state index in [1.807, 2.05) is 30.3 Å². The molecule has 2 fully saturated rings. The highest BCUT2D eigenvalue weighted by Gasteiger charge is 2.24. The molecule has 0 aliphatic carbocycles. The van der Waals surface area contributed by atoms with Crippen molar-refractivity contribution in [2.45, 2.75) is 50.7 Å². The Labute approximate surface area is 183 Å². The predicted octanol–water partition coefficient (Wildman–Crippen LogP) is 1.91. The van der Waals surface area contributed by atoms with E-state index in [2.05, 4.69) is 37.7 Å². The molecule has 0 unspecified atom stereocenters. The fourth-order valence-electron chi connectivity index (χ4n) is 4.48. The molecule has 1 aromatic carbocycles. The van der Waals surface area contributed by atoms with Gasteiger partial charge in [0.15, 0.2) is 0 Å². The van der Waals surface area contributed by atoms with Gasteiger partial charge in [0.1, 0.15) is 6.04 Å². The second kappa shape index (κ2) is 9.96. The smallest absolute Gasteiger partial charge is 0.251 e. The van der Waals surface area contributed by atoms with Crippen LogP contribution in [0.15, 0.2) is 36.5 Å². The Morgan fingerprint density at radius 1 is 1.16 bits per heavy atom. The number of nitrogens with zero attached hydrogens (tertiary/aromatic N) is 3. The average molecular weight is 425 g/mol. The van der Waals surface area contributed by atoms with Crippen LogP contribution in [0.5, 0.6) is 0 Å². The maximum absolute atomic E-state index is 12.6. The zero-order valence-corrected chi connectivity index (χ0v) is 18.1. The molecule has 2 aromatic rings. The van der Waals surface area contributed by atoms with Crippen molar-refractivity contribution in [3.05, 3.63) is 47.8 Å². The first kappa shape index (κ1) is 21.4. The molecule has 0 saturated carbocycles. The van der Waals surface area contributed by atoms with Crippen LogP contribution in [-0.4, -0.2) is 65.7 Å². The van der Waals surface area contributed by atoms with Crippen molar-refractivity contribution in [3.63, 3.8) is 0 Å². The Kier molecular flexibility index (Phi) is 6.86. The monoisotopic (exact) mass is 424 g/mol. The molecule has 2 aliphatic heterocycles. The Bertz CT molecular complexity index is 859. The largest absolute Gasteiger partial charge is 0.371 e. The lowest BCUT2D eigenvalue weighted by atomic mass is 10.0. The molecule has 8 heteroatoms. The van der Waals surface area contributed by atoms with Gasteiger partial charge in [-0.2, -0.15) is 5.10 Å². The van der Waals surface area contributed by atoms with Crippen molar-refractivity contribution >= 4 is 17.5 Å². The minimum Gasteiger partial charge on any atom is -0.371 e. The molecule has 3 heterocycles. The fraction of sp³-hybridized carbons (Fsp3) is 0.522. The van der Waals surface area contributed by atoms with E-state index in [-0.39, 0.29) is 11.8 Å². The Morgan fingerprint density at radius 3 is 2.65 bits per heavy atom. The zero-order valence-electron chi connectivity index (χ0n) is 18.1. The van der Waals surface area contributed by atoms with Crippen molar-refractivity contribution in [1.82, 2.24) is 25.7 Å². The summed E-state index contributed by atoms with van der Waals surface area (Å²) < 4.78 is 0. The summed E-state index contributed by atoms with van der Waals surface area (Å²) in [6, 6.07) is 9.87. The number of aromatic amines is 1. The second-order valence-electron chi connectivity index (χ2n) is 8.57. The average Bonchev–Trinajstić information content (AvgIpc) is 3.22. The van der Waals surface area contributed by atoms with E-state index in [4.69, 9.17) is 0 Å². The lowest BCUT2D eigenvalue weighted by molar-refractivity contribution is -0.122. The summed E-state index contributed by atoms with van der Waals surface area (Å²) in [5.41, 5.74) is 2.87. The van der Waals surface area contributed by atoms with Crippen LogP contribution >= 0.6 is 0 Å². The number of H-pyrrole nitrogens is 1. The molecule has 3 N–H and O–H groups in total. The number of piperidine rings is 1. The molecule has 4 rings (SSSR count). The van der Waals surface area contributed by atoms with Crippen LogP contribution in [0, 0.1) is 0 Å². The van der Waals surface area contributed by atoms with Crippen LogP contribution in [0.3, 0.4) is 0 Å². The SMILES string of the molecule is CN(Cc1ccn[nH]1)C1CCN(c2ccc(C(=O)N[C@H]3CCCCNC3=O)cc2)CC1. The van der Waals surface area contributed by atoms with Gasteiger partial charge < -0.3 is 15.5 Å². The predicted molar refractivity (Wildman–Crippen MR) is 120 cm³/mol. The number of anilines is 1. The maximum atomic E-state index is 12.6. The number of hydrogen-bond donors (Lipinski definition) is 3. The van der Waals surface area contributed by atoms with Crippen molar-refractivity contribution in [3.8, 4) is 0 Å². The molecule has 2 aliphatic rings. The lowest BCUT2D eigenvalue weighted by Gasteiger charge is -2.37. The minimum absolute atomic E-state index is 0.0807. The number of amides is 2. The molecule has 0 radical (unpaired) electrons. The van der Waals surface area contributed by atoms with Gasteiger partial charge in [0, 0.05) is 55.4 Å². The van der Waals surface area contributed by atoms with Crippen molar-refractivity contribution in [1.29, 1.82) is 0 Å². The van der Waals surface area contributed by atoms with Crippen LogP contribution in [0.25, 0.3) is 0 Å². The van der Waals surface area contributed by atoms with Crippen molar-refractivity contribution < 1.29 is 9.59 Å². The summed E-state index contributed by atoms with van der Waals surface area (Å²) in [5, 5.41) is 12.8. The summed E-state index contributed by atoms with van der Waals surface area (Å²) in [6.07, 6.45) is 6.59. The molecule has 0 spiro atoms. The summed E-state index contributed by atoms with van der Waals surface area (Å²) >= 11 is 0. The number of nitrogens with one attached hydrogen (secondary N) is 3. The van der Waals surface area contributed by atoms with E-state index in [9.17, 15) is 9.59 Å². The van der Waals surface area contributed by atoms with Gasteiger partial charge in [-0.25, -0.2) is 0 Å². The van der Waals surface area contributed by atoms with Gasteiger partial charge in [-0.15, -0.1) is 0 Å². The second-order valence-corrected chi connectivity index (χ2v) is 8.57. The standard InChI is InChI=1S/C23H32N6O2/c1-28(16-18-9-13-25-27-18)19-10-14-29(15-11-19)20-7-5-17(6-8-20)22(30)26-21-4-2-3-12-24-23(21)31/h5-9,13,19,21H,2-4,10-12,14-16H2,1H3,(H,24,31)(H,25,27)(H,26,30)/t21-/m0/s1. The van der Waals surface area contributed by atoms with E-state index < -0.39 is 6.04 Å². The normalized spacial score (nSPS) is 20.4. The Hall–Kier alpha value is -2.87. The van der Waals surface area contributed by atoms with Gasteiger partial charge in [0.05, 0.1) is 0 Å². The highest BCUT2D eigenvalue weighted by molar-refractivity contribution is 5.97. The van der Waals surface area contributed by atoms with E-state index in [0.29, 0.717) is 24.6 Å². The summed E-state index contributed by atoms with van der Waals surface area (Å²) in [4.78, 5) is 29.4. The highest BCUT2D eigenvalue weighted by Crippen LogP contribution is 2.23. The Morgan fingerprint density at radius 2 is 1.94 bits per heavy atom. The van der Waals surface area contributed by atoms with Gasteiger partial charge in [0.25, 0.3) is 5.91 Å². The van der Waals surface area contributed by atoms with Gasteiger partial charge in [-0.05, 0) is 69.5 Å². The van der Waals surface area contributed by atoms with Crippen LogP contribution in [0.2, 0.25) is 0 Å². The summed E-state index contributed by atoms with van der Waals surface area (Å²) in [5.74, 6) is -0.268. The number of aromatic nitrogens is 2. The number of rotatable bonds is 6. The van der Waals surface area contributed by atoms with Crippen LogP contribution in [0.4, 0.5) is 5.69 Å². The van der Waals surface area contributed by atoms with E-state index >= 15 is 0 Å². The maximum Gasteiger partial charge on any atom is 0.251 e. The van der Waals surface area contributed by atoms with Gasteiger partial charge in [-0.1, -0.05) is 0 Å².